The number of phosphoric ester groups is 2. The highest BCUT2D eigenvalue weighted by atomic mass is 31.3. The van der Waals surface area contributed by atoms with Crippen molar-refractivity contribution in [3.8, 4) is 0 Å². The average molecular weight is 1010 g/mol. The fourth-order valence-corrected chi connectivity index (χ4v) is 9.83. The van der Waals surface area contributed by atoms with Gasteiger partial charge < -0.3 is 50.2 Å². The molecular weight excluding hydrogens is 932 g/mol. The van der Waals surface area contributed by atoms with Crippen molar-refractivity contribution >= 4 is 39.2 Å². The molecule has 2 aliphatic rings. The van der Waals surface area contributed by atoms with E-state index in [1.54, 1.807) is 12.2 Å². The van der Waals surface area contributed by atoms with Crippen LogP contribution in [-0.4, -0.2) is 114 Å². The molecule has 2 unspecified atom stereocenters. The molecule has 3 rings (SSSR count). The summed E-state index contributed by atoms with van der Waals surface area (Å²) in [5.74, 6) is -4.57. The standard InChI is InChI=1S/C45H75N3O18P2/c1-4-5-13-19-32(49)23-24-34-36(50)27-37(51)35-20-15-11-12-16-21-40(52)61-28-33(64-41(53)22-17-10-8-6-7-9-14-18-31(2)3)29-62-67(57,58)66-68(59,60)63-30-38(43(55)42(34)54)65-44(35)48-26-25-39(46)47-45(48)56/h11,15,23-26,31-35,37-38,42-44,49,51,54-55H,4-10,12-14,16-22,27-30H2,1-3H3,(H,57,58)(H,59,60)(H2,46,47,56)/b15-11-,24-23?/t32-,33+,34-,35-,37-,38+,42-,43+,44+/m0/s1. The molecule has 0 aliphatic carbocycles. The molecule has 3 heterocycles. The van der Waals surface area contributed by atoms with Crippen LogP contribution in [0, 0.1) is 17.8 Å². The number of nitrogen functional groups attached to an aromatic ring is 1. The maximum atomic E-state index is 13.9. The van der Waals surface area contributed by atoms with Crippen molar-refractivity contribution in [1.29, 1.82) is 0 Å². The number of esters is 2. The van der Waals surface area contributed by atoms with Crippen LogP contribution in [0.1, 0.15) is 143 Å². The molecular formula is C45H75N3O18P2. The molecule has 0 aromatic carbocycles. The molecule has 1 fully saturated rings. The highest BCUT2D eigenvalue weighted by Gasteiger charge is 2.45. The molecule has 8 N–H and O–H groups in total. The number of fused-ring (bicyclic) bond motifs is 3. The molecule has 1 aromatic rings. The predicted octanol–water partition coefficient (Wildman–Crippen LogP) is 5.50. The third kappa shape index (κ3) is 22.3. The number of carbonyl (C=O) groups excluding carboxylic acids is 3. The molecule has 68 heavy (non-hydrogen) atoms. The van der Waals surface area contributed by atoms with E-state index in [-0.39, 0.29) is 37.9 Å². The van der Waals surface area contributed by atoms with Crippen molar-refractivity contribution in [2.45, 2.75) is 179 Å². The summed E-state index contributed by atoms with van der Waals surface area (Å²) in [5.41, 5.74) is 4.73. The van der Waals surface area contributed by atoms with Gasteiger partial charge in [-0.25, -0.2) is 13.9 Å². The molecule has 0 amide bonds. The lowest BCUT2D eigenvalue weighted by Crippen LogP contribution is -2.51. The maximum absolute atomic E-state index is 13.9. The first kappa shape index (κ1) is 59.1. The van der Waals surface area contributed by atoms with Crippen molar-refractivity contribution in [3.05, 3.63) is 47.1 Å². The van der Waals surface area contributed by atoms with E-state index in [0.29, 0.717) is 25.2 Å². The minimum Gasteiger partial charge on any atom is -0.462 e. The largest absolute Gasteiger partial charge is 0.481 e. The molecule has 388 valence electrons. The number of aromatic nitrogens is 2. The number of aliphatic hydroxyl groups is 4. The number of ether oxygens (including phenoxy) is 3. The number of allylic oxidation sites excluding steroid dienone is 2. The van der Waals surface area contributed by atoms with Gasteiger partial charge in [0.2, 0.25) is 0 Å². The van der Waals surface area contributed by atoms with Gasteiger partial charge >= 0.3 is 33.3 Å². The number of rotatable bonds is 18. The number of unbranched alkanes of at least 4 members (excludes halogenated alkanes) is 8. The summed E-state index contributed by atoms with van der Waals surface area (Å²) in [6, 6.07) is 1.22. The predicted molar refractivity (Wildman–Crippen MR) is 248 cm³/mol. The number of Topliss-reactive ketones (excluding diaryl/α,β-unsaturated/α-hetero) is 1. The summed E-state index contributed by atoms with van der Waals surface area (Å²) in [4.78, 5) is 77.8. The van der Waals surface area contributed by atoms with Crippen LogP contribution >= 0.6 is 15.6 Å². The van der Waals surface area contributed by atoms with Gasteiger partial charge in [-0.15, -0.1) is 0 Å². The number of carbonyl (C=O) groups is 3. The van der Waals surface area contributed by atoms with E-state index < -0.39 is 120 Å². The molecule has 23 heteroatoms. The summed E-state index contributed by atoms with van der Waals surface area (Å²) in [5, 5.41) is 45.6. The van der Waals surface area contributed by atoms with Gasteiger partial charge in [0.25, 0.3) is 0 Å². The third-order valence-electron chi connectivity index (χ3n) is 11.6. The summed E-state index contributed by atoms with van der Waals surface area (Å²) >= 11 is 0. The zero-order valence-electron chi connectivity index (χ0n) is 39.5. The van der Waals surface area contributed by atoms with Crippen molar-refractivity contribution < 1.29 is 81.3 Å². The van der Waals surface area contributed by atoms with Crippen LogP contribution in [0.25, 0.3) is 0 Å². The second kappa shape index (κ2) is 30.5. The van der Waals surface area contributed by atoms with Crippen LogP contribution in [0.4, 0.5) is 5.82 Å². The van der Waals surface area contributed by atoms with Gasteiger partial charge in [0.15, 0.2) is 6.10 Å². The van der Waals surface area contributed by atoms with Gasteiger partial charge in [0.1, 0.15) is 36.6 Å². The summed E-state index contributed by atoms with van der Waals surface area (Å²) in [6.45, 7) is 3.60. The van der Waals surface area contributed by atoms with E-state index in [4.69, 9.17) is 29.0 Å². The van der Waals surface area contributed by atoms with Gasteiger partial charge in [-0.3, -0.25) is 28.0 Å². The Balaban J connectivity index is 1.92. The number of hydrogen-bond acceptors (Lipinski definition) is 18. The second-order valence-corrected chi connectivity index (χ2v) is 20.9. The molecule has 1 aromatic heterocycles. The number of ketones is 1. The monoisotopic (exact) mass is 1010 g/mol. The normalized spacial score (nSPS) is 30.9. The molecule has 0 saturated carbocycles. The van der Waals surface area contributed by atoms with Gasteiger partial charge in [0.05, 0.1) is 37.4 Å². The molecule has 0 radical (unpaired) electrons. The number of nitrogens with two attached hydrogens (primary N) is 1. The number of nitrogens with zero attached hydrogens (tertiary/aromatic N) is 2. The number of cyclic esters (lactones) is 1. The van der Waals surface area contributed by atoms with E-state index in [2.05, 4.69) is 23.1 Å². The Hall–Kier alpha value is -3.17. The van der Waals surface area contributed by atoms with Crippen molar-refractivity contribution in [2.75, 3.05) is 25.6 Å². The highest BCUT2D eigenvalue weighted by molar-refractivity contribution is 7.61. The Labute approximate surface area is 398 Å². The van der Waals surface area contributed by atoms with E-state index in [0.717, 1.165) is 55.7 Å². The van der Waals surface area contributed by atoms with Crippen molar-refractivity contribution in [2.24, 2.45) is 17.8 Å². The van der Waals surface area contributed by atoms with Crippen LogP contribution in [0.2, 0.25) is 0 Å². The Kier molecular flexibility index (Phi) is 26.6. The Morgan fingerprint density at radius 3 is 2.26 bits per heavy atom. The number of phosphoric acid groups is 2. The minimum atomic E-state index is -5.72. The van der Waals surface area contributed by atoms with Crippen molar-refractivity contribution in [3.63, 3.8) is 0 Å². The Morgan fingerprint density at radius 2 is 1.59 bits per heavy atom. The van der Waals surface area contributed by atoms with E-state index in [1.807, 2.05) is 6.92 Å². The van der Waals surface area contributed by atoms with Gasteiger partial charge in [-0.1, -0.05) is 109 Å². The molecule has 2 bridgehead atoms. The first-order valence-corrected chi connectivity index (χ1v) is 26.8. The lowest BCUT2D eigenvalue weighted by atomic mass is 9.83. The van der Waals surface area contributed by atoms with Crippen LogP contribution in [-0.2, 0) is 51.1 Å². The van der Waals surface area contributed by atoms with Crippen LogP contribution in [0.5, 0.6) is 0 Å². The number of hydrogen-bond donors (Lipinski definition) is 7. The molecule has 1 saturated heterocycles. The smallest absolute Gasteiger partial charge is 0.462 e. The van der Waals surface area contributed by atoms with Crippen LogP contribution in [0.3, 0.4) is 0 Å². The third-order valence-corrected chi connectivity index (χ3v) is 14.2. The summed E-state index contributed by atoms with van der Waals surface area (Å²) < 4.78 is 58.7. The van der Waals surface area contributed by atoms with E-state index >= 15 is 0 Å². The molecule has 11 atom stereocenters. The van der Waals surface area contributed by atoms with E-state index in [9.17, 15) is 58.5 Å². The molecule has 0 spiro atoms. The number of anilines is 1. The van der Waals surface area contributed by atoms with E-state index in [1.165, 1.54) is 31.1 Å². The quantitative estimate of drug-likeness (QED) is 0.0413. The lowest BCUT2D eigenvalue weighted by molar-refractivity contribution is -0.186. The Morgan fingerprint density at radius 1 is 0.926 bits per heavy atom. The SMILES string of the molecule is CCCCC[C@H](O)C=C[C@H]1C(=O)C[C@H](O)[C@@H]2C/C=C\CCCC(=O)OC[C@@H](OC(=O)CCCCCCCCCC(C)C)COP(=O)(O)OP(=O)(O)OC[C@@H](O[C@H]2n2ccc(N)nc2=O)[C@@H](O)[C@H]1O. The summed E-state index contributed by atoms with van der Waals surface area (Å²) in [6.07, 6.45) is 4.92. The molecule has 2 aliphatic heterocycles. The highest BCUT2D eigenvalue weighted by Crippen LogP contribution is 2.60. The lowest BCUT2D eigenvalue weighted by Gasteiger charge is -2.39. The first-order chi connectivity index (χ1) is 32.2. The number of aliphatic hydroxyl groups excluding tert-OH is 4. The fourth-order valence-electron chi connectivity index (χ4n) is 7.72. The topological polar surface area (TPSA) is 323 Å². The maximum Gasteiger partial charge on any atom is 0.481 e. The second-order valence-electron chi connectivity index (χ2n) is 17.9. The minimum absolute atomic E-state index is 0.00466. The summed E-state index contributed by atoms with van der Waals surface area (Å²) in [7, 11) is -11.3. The Bertz CT molecular complexity index is 1910. The van der Waals surface area contributed by atoms with Gasteiger partial charge in [-0.2, -0.15) is 9.29 Å². The van der Waals surface area contributed by atoms with Gasteiger partial charge in [0, 0.05) is 31.4 Å². The van der Waals surface area contributed by atoms with Gasteiger partial charge in [-0.05, 0) is 44.1 Å². The average Bonchev–Trinajstić information content (AvgIpc) is 3.25. The fraction of sp³-hybridized carbons (Fsp3) is 0.756. The van der Waals surface area contributed by atoms with Crippen LogP contribution in [0.15, 0.2) is 41.4 Å². The zero-order chi connectivity index (χ0) is 50.3. The zero-order valence-corrected chi connectivity index (χ0v) is 41.3. The first-order valence-electron chi connectivity index (χ1n) is 23.8. The van der Waals surface area contributed by atoms with Crippen molar-refractivity contribution in [1.82, 2.24) is 9.55 Å². The molecule has 21 nitrogen and oxygen atoms in total. The van der Waals surface area contributed by atoms with Crippen LogP contribution < -0.4 is 11.4 Å².